The monoisotopic (exact) mass is 990 g/mol. The molecule has 70 heavy (non-hydrogen) atoms. The van der Waals surface area contributed by atoms with E-state index < -0.39 is 0 Å². The normalized spacial score (nSPS) is 13.0. The van der Waals surface area contributed by atoms with E-state index >= 15 is 0 Å². The molecule has 0 aliphatic rings. The molecule has 0 fully saturated rings. The third-order valence-corrected chi connectivity index (χ3v) is 14.0. The van der Waals surface area contributed by atoms with Crippen LogP contribution in [0.3, 0.4) is 0 Å². The molecule has 0 aromatic heterocycles. The van der Waals surface area contributed by atoms with Gasteiger partial charge in [-0.1, -0.05) is 245 Å². The Morgan fingerprint density at radius 1 is 0.371 bits per heavy atom. The molecule has 0 radical (unpaired) electrons. The maximum absolute atomic E-state index is 12.8. The molecule has 0 aromatic rings. The van der Waals surface area contributed by atoms with Crippen LogP contribution in [0.25, 0.3) is 0 Å². The van der Waals surface area contributed by atoms with Gasteiger partial charge in [0.05, 0.1) is 13.2 Å². The van der Waals surface area contributed by atoms with Gasteiger partial charge in [-0.05, 0) is 97.1 Å². The highest BCUT2D eigenvalue weighted by atomic mass is 16.7. The number of hydrogen-bond acceptors (Lipinski definition) is 7. The number of esters is 1. The van der Waals surface area contributed by atoms with Crippen LogP contribution in [0, 0.1) is 5.92 Å². The Kier molecular flexibility index (Phi) is 57.6. The second kappa shape index (κ2) is 58.6. The number of ether oxygens (including phenoxy) is 5. The van der Waals surface area contributed by atoms with E-state index in [1.165, 1.54) is 212 Å². The van der Waals surface area contributed by atoms with Crippen molar-refractivity contribution in [3.63, 3.8) is 0 Å². The summed E-state index contributed by atoms with van der Waals surface area (Å²) in [5.41, 5.74) is 0. The zero-order chi connectivity index (χ0) is 50.9. The van der Waals surface area contributed by atoms with Crippen LogP contribution in [-0.2, 0) is 28.5 Å². The highest BCUT2D eigenvalue weighted by molar-refractivity contribution is 5.69. The van der Waals surface area contributed by atoms with Gasteiger partial charge in [-0.2, -0.15) is 0 Å². The van der Waals surface area contributed by atoms with Gasteiger partial charge in [0.2, 0.25) is 0 Å². The molecular weight excluding hydrogens is 867 g/mol. The molecule has 0 spiro atoms. The Bertz CT molecular complexity index is 1020. The van der Waals surface area contributed by atoms with Gasteiger partial charge in [-0.25, -0.2) is 0 Å². The largest absolute Gasteiger partial charge is 0.464 e. The number of allylic oxidation sites excluding steroid dienone is 2. The van der Waals surface area contributed by atoms with Gasteiger partial charge in [-0.3, -0.25) is 4.79 Å². The van der Waals surface area contributed by atoms with Crippen LogP contribution in [0.1, 0.15) is 304 Å². The molecule has 0 bridgehead atoms. The van der Waals surface area contributed by atoms with Crippen molar-refractivity contribution in [3.05, 3.63) is 24.3 Å². The highest BCUT2D eigenvalue weighted by Gasteiger charge is 2.16. The SMILES string of the molecule is CCCCCCC=CCOC(CCCCCCCCCC(CCCCCCCCCC(OCCCCCCCCC)OCCCCCCCCC)CC(=O)OCCN(C)C)OCC=CCCCCCC. The van der Waals surface area contributed by atoms with Gasteiger partial charge in [0.15, 0.2) is 12.6 Å². The highest BCUT2D eigenvalue weighted by Crippen LogP contribution is 2.24. The number of hydrogen-bond donors (Lipinski definition) is 0. The molecule has 0 heterocycles. The van der Waals surface area contributed by atoms with Crippen LogP contribution in [0.15, 0.2) is 24.3 Å². The molecule has 416 valence electrons. The molecule has 0 aliphatic carbocycles. The van der Waals surface area contributed by atoms with Crippen molar-refractivity contribution in [2.45, 2.75) is 316 Å². The van der Waals surface area contributed by atoms with E-state index in [-0.39, 0.29) is 18.5 Å². The van der Waals surface area contributed by atoms with Crippen molar-refractivity contribution >= 4 is 5.97 Å². The maximum atomic E-state index is 12.8. The average Bonchev–Trinajstić information content (AvgIpc) is 3.35. The fourth-order valence-electron chi connectivity index (χ4n) is 9.29. The second-order valence-electron chi connectivity index (χ2n) is 21.3. The van der Waals surface area contributed by atoms with Gasteiger partial charge in [-0.15, -0.1) is 0 Å². The Morgan fingerprint density at radius 2 is 0.700 bits per heavy atom. The number of nitrogens with zero attached hydrogens (tertiary/aromatic N) is 1. The lowest BCUT2D eigenvalue weighted by molar-refractivity contribution is -0.148. The lowest BCUT2D eigenvalue weighted by Crippen LogP contribution is -2.21. The van der Waals surface area contributed by atoms with Crippen LogP contribution >= 0.6 is 0 Å². The van der Waals surface area contributed by atoms with Crippen LogP contribution in [0.4, 0.5) is 0 Å². The molecule has 0 amide bonds. The van der Waals surface area contributed by atoms with Gasteiger partial charge in [0.1, 0.15) is 6.61 Å². The average molecular weight is 991 g/mol. The van der Waals surface area contributed by atoms with Gasteiger partial charge in [0, 0.05) is 26.2 Å². The number of rotatable bonds is 59. The Balaban J connectivity index is 4.61. The summed E-state index contributed by atoms with van der Waals surface area (Å²) in [4.78, 5) is 14.9. The predicted molar refractivity (Wildman–Crippen MR) is 304 cm³/mol. The lowest BCUT2D eigenvalue weighted by atomic mass is 9.91. The molecule has 1 atom stereocenters. The summed E-state index contributed by atoms with van der Waals surface area (Å²) in [7, 11) is 4.06. The summed E-state index contributed by atoms with van der Waals surface area (Å²) in [5, 5.41) is 0. The summed E-state index contributed by atoms with van der Waals surface area (Å²) in [6.45, 7) is 13.3. The van der Waals surface area contributed by atoms with E-state index in [0.717, 1.165) is 77.5 Å². The molecule has 7 heteroatoms. The first-order chi connectivity index (χ1) is 34.5. The first-order valence-electron chi connectivity index (χ1n) is 31.0. The minimum absolute atomic E-state index is 0.00828. The predicted octanol–water partition coefficient (Wildman–Crippen LogP) is 19.4. The summed E-state index contributed by atoms with van der Waals surface area (Å²) in [6.07, 6.45) is 62.2. The van der Waals surface area contributed by atoms with Gasteiger partial charge >= 0.3 is 5.97 Å². The Morgan fingerprint density at radius 3 is 1.09 bits per heavy atom. The fourth-order valence-corrected chi connectivity index (χ4v) is 9.29. The van der Waals surface area contributed by atoms with E-state index in [2.05, 4.69) is 56.9 Å². The molecule has 1 unspecified atom stereocenters. The summed E-state index contributed by atoms with van der Waals surface area (Å²) >= 11 is 0. The first kappa shape index (κ1) is 68.8. The minimum atomic E-state index is -0.127. The van der Waals surface area contributed by atoms with Gasteiger partial charge < -0.3 is 28.6 Å². The number of unbranched alkanes of at least 4 members (excludes halogenated alkanes) is 32. The number of carbonyl (C=O) groups excluding carboxylic acids is 1. The van der Waals surface area contributed by atoms with E-state index in [1.807, 2.05) is 14.1 Å². The van der Waals surface area contributed by atoms with Crippen LogP contribution in [-0.4, -0.2) is 77.1 Å². The van der Waals surface area contributed by atoms with Crippen molar-refractivity contribution in [2.24, 2.45) is 5.92 Å². The quantitative estimate of drug-likeness (QED) is 0.0260. The zero-order valence-electron chi connectivity index (χ0n) is 48.1. The van der Waals surface area contributed by atoms with Crippen molar-refractivity contribution < 1.29 is 28.5 Å². The minimum Gasteiger partial charge on any atom is -0.464 e. The van der Waals surface area contributed by atoms with E-state index in [1.54, 1.807) is 0 Å². The molecule has 7 nitrogen and oxygen atoms in total. The summed E-state index contributed by atoms with van der Waals surface area (Å²) in [5.74, 6) is 0.431. The first-order valence-corrected chi connectivity index (χ1v) is 31.0. The molecule has 0 aromatic carbocycles. The Labute approximate surface area is 437 Å². The number of carbonyl (C=O) groups is 1. The number of likely N-dealkylation sites (N-methyl/N-ethyl adjacent to an activating group) is 1. The molecular formula is C63H123NO6. The second-order valence-corrected chi connectivity index (χ2v) is 21.3. The maximum Gasteiger partial charge on any atom is 0.306 e. The zero-order valence-corrected chi connectivity index (χ0v) is 48.1. The van der Waals surface area contributed by atoms with Crippen molar-refractivity contribution in [3.8, 4) is 0 Å². The molecule has 0 N–H and O–H groups in total. The molecule has 0 saturated heterocycles. The van der Waals surface area contributed by atoms with E-state index in [4.69, 9.17) is 23.7 Å². The van der Waals surface area contributed by atoms with Crippen molar-refractivity contribution in [2.75, 3.05) is 53.7 Å². The van der Waals surface area contributed by atoms with Crippen LogP contribution < -0.4 is 0 Å². The van der Waals surface area contributed by atoms with Crippen molar-refractivity contribution in [1.82, 2.24) is 4.90 Å². The molecule has 0 rings (SSSR count). The third kappa shape index (κ3) is 54.5. The van der Waals surface area contributed by atoms with E-state index in [0.29, 0.717) is 32.2 Å². The lowest BCUT2D eigenvalue weighted by Gasteiger charge is -2.19. The Hall–Kier alpha value is -1.25. The molecule has 0 aliphatic heterocycles. The van der Waals surface area contributed by atoms with Gasteiger partial charge in [0.25, 0.3) is 0 Å². The topological polar surface area (TPSA) is 66.5 Å². The summed E-state index contributed by atoms with van der Waals surface area (Å²) < 4.78 is 30.7. The van der Waals surface area contributed by atoms with E-state index in [9.17, 15) is 4.79 Å². The van der Waals surface area contributed by atoms with Crippen molar-refractivity contribution in [1.29, 1.82) is 0 Å². The standard InChI is InChI=1S/C63H123NO6/c1-7-11-15-19-29-37-45-54-67-62(68-55-46-38-30-20-16-12-8-2)51-43-35-27-23-25-33-41-49-60(59-61(65)66-58-53-64(5)6)50-42-34-26-24-28-36-44-52-63(69-56-47-39-31-21-17-13-9-3)70-57-48-40-32-22-18-14-10-4/h37-38,45-46,60,62-63H,7-36,39-44,47-59H2,1-6H3. The smallest absolute Gasteiger partial charge is 0.306 e. The summed E-state index contributed by atoms with van der Waals surface area (Å²) in [6, 6.07) is 0. The van der Waals surface area contributed by atoms with Crippen LogP contribution in [0.5, 0.6) is 0 Å². The van der Waals surface area contributed by atoms with Crippen LogP contribution in [0.2, 0.25) is 0 Å². The molecule has 0 saturated carbocycles. The third-order valence-electron chi connectivity index (χ3n) is 14.0. The fraction of sp³-hybridized carbons (Fsp3) is 0.921.